The Bertz CT molecular complexity index is 1810. The maximum Gasteiger partial charge on any atom is 0.417 e. The lowest BCUT2D eigenvalue weighted by atomic mass is 10.2. The molecule has 360 valence electrons. The van der Waals surface area contributed by atoms with E-state index in [0.717, 1.165) is 106 Å². The highest BCUT2D eigenvalue weighted by atomic mass is 31.2. The Morgan fingerprint density at radius 2 is 0.723 bits per heavy atom. The number of unbranched alkanes of at least 4 members (excludes halogenated alkanes) is 7. The van der Waals surface area contributed by atoms with E-state index < -0.39 is 55.8 Å². The molecule has 4 aromatic rings. The Hall–Kier alpha value is -2.29. The van der Waals surface area contributed by atoms with Crippen LogP contribution in [0.25, 0.3) is 0 Å². The van der Waals surface area contributed by atoms with E-state index in [1.54, 1.807) is 12.1 Å². The Morgan fingerprint density at radius 3 is 1.03 bits per heavy atom. The third-order valence-electron chi connectivity index (χ3n) is 13.5. The highest BCUT2D eigenvalue weighted by Gasteiger charge is 2.44. The summed E-state index contributed by atoms with van der Waals surface area (Å²) in [5.74, 6) is 0. The molecule has 0 unspecified atom stereocenters. The normalized spacial score (nSPS) is 12.9. The molecule has 4 aromatic carbocycles. The highest BCUT2D eigenvalue weighted by Crippen LogP contribution is 2.57. The summed E-state index contributed by atoms with van der Waals surface area (Å²) >= 11 is 0. The van der Waals surface area contributed by atoms with Crippen LogP contribution in [0.3, 0.4) is 0 Å². The minimum Gasteiger partial charge on any atom is -0.245 e. The number of rotatable bonds is 29. The van der Waals surface area contributed by atoms with E-state index in [1.807, 2.05) is 0 Å². The van der Waals surface area contributed by atoms with Gasteiger partial charge in [-0.3, -0.25) is 0 Å². The van der Waals surface area contributed by atoms with Crippen LogP contribution in [-0.2, 0) is 12.4 Å². The smallest absolute Gasteiger partial charge is 0.245 e. The van der Waals surface area contributed by atoms with E-state index in [1.165, 1.54) is 70.9 Å². The zero-order valence-electron chi connectivity index (χ0n) is 40.7. The van der Waals surface area contributed by atoms with E-state index in [4.69, 9.17) is 0 Å². The van der Waals surface area contributed by atoms with Crippen LogP contribution in [-0.4, -0.2) is 27.1 Å². The lowest BCUT2D eigenvalue weighted by Crippen LogP contribution is -2.49. The van der Waals surface area contributed by atoms with Crippen LogP contribution < -0.4 is 31.6 Å². The number of hydrogen-bond donors (Lipinski definition) is 0. The van der Waals surface area contributed by atoms with Crippen molar-refractivity contribution in [3.05, 3.63) is 108 Å². The lowest BCUT2D eigenvalue weighted by molar-refractivity contribution is -0.137. The Balaban J connectivity index is 2.23. The number of nitrogens with zero attached hydrogens (tertiary/aromatic N) is 1. The molecule has 0 aliphatic carbocycles. The molecule has 4 rings (SSSR count). The van der Waals surface area contributed by atoms with Gasteiger partial charge in [-0.25, -0.2) is 4.44 Å². The Kier molecular flexibility index (Phi) is 23.0. The van der Waals surface area contributed by atoms with Gasteiger partial charge in [0.2, 0.25) is 0 Å². The fraction of sp³-hybridized carbons (Fsp3) is 0.556. The van der Waals surface area contributed by atoms with Crippen molar-refractivity contribution in [1.82, 2.24) is 4.44 Å². The minimum atomic E-state index is -4.77. The van der Waals surface area contributed by atoms with Crippen molar-refractivity contribution in [1.29, 1.82) is 0 Å². The first-order valence-corrected chi connectivity index (χ1v) is 32.9. The molecule has 0 heterocycles. The van der Waals surface area contributed by atoms with Crippen LogP contribution in [0.2, 0.25) is 36.3 Å². The summed E-state index contributed by atoms with van der Waals surface area (Å²) in [6.07, 6.45) is 5.39. The first-order valence-electron chi connectivity index (χ1n) is 25.1. The summed E-state index contributed by atoms with van der Waals surface area (Å²) in [6, 6.07) is 36.2. The average molecular weight is 974 g/mol. The van der Waals surface area contributed by atoms with E-state index in [2.05, 4.69) is 101 Å². The Morgan fingerprint density at radius 1 is 0.400 bits per heavy atom. The van der Waals surface area contributed by atoms with E-state index in [9.17, 15) is 0 Å². The van der Waals surface area contributed by atoms with Crippen molar-refractivity contribution in [3.63, 3.8) is 0 Å². The number of hydrogen-bond acceptors (Lipinski definition) is 1. The molecule has 0 saturated carbocycles. The third-order valence-corrected chi connectivity index (χ3v) is 30.1. The first-order chi connectivity index (χ1) is 31.2. The van der Waals surface area contributed by atoms with E-state index in [0.29, 0.717) is 13.0 Å². The topological polar surface area (TPSA) is 3.24 Å². The molecule has 0 spiro atoms. The van der Waals surface area contributed by atoms with E-state index in [-0.39, 0.29) is 10.6 Å². The highest BCUT2D eigenvalue weighted by molar-refractivity contribution is 7.84. The summed E-state index contributed by atoms with van der Waals surface area (Å²) in [5, 5.41) is 4.74. The molecule has 0 fully saturated rings. The van der Waals surface area contributed by atoms with Gasteiger partial charge in [-0.2, -0.15) is 26.3 Å². The van der Waals surface area contributed by atoms with Gasteiger partial charge in [-0.15, -0.1) is 0 Å². The zero-order valence-corrected chi connectivity index (χ0v) is 44.5. The zero-order chi connectivity index (χ0) is 47.5. The van der Waals surface area contributed by atoms with Gasteiger partial charge in [0.05, 0.1) is 27.3 Å². The third kappa shape index (κ3) is 14.9. The monoisotopic (exact) mass is 974 g/mol. The predicted octanol–water partition coefficient (Wildman–Crippen LogP) is 16.3. The second-order valence-electron chi connectivity index (χ2n) is 18.4. The van der Waals surface area contributed by atoms with Crippen molar-refractivity contribution in [2.45, 2.75) is 187 Å². The maximum atomic E-state index is 15.4. The van der Waals surface area contributed by atoms with Gasteiger partial charge >= 0.3 is 12.4 Å². The number of benzene rings is 4. The molecule has 0 aromatic heterocycles. The van der Waals surface area contributed by atoms with Gasteiger partial charge in [0.15, 0.2) is 0 Å². The quantitative estimate of drug-likeness (QED) is 0.0298. The molecule has 0 aliphatic heterocycles. The molecule has 11 heteroatoms. The van der Waals surface area contributed by atoms with E-state index >= 15 is 26.3 Å². The van der Waals surface area contributed by atoms with Crippen molar-refractivity contribution in [2.24, 2.45) is 0 Å². The molecule has 0 bridgehead atoms. The number of halogens is 6. The molecule has 0 aliphatic rings. The summed E-state index contributed by atoms with van der Waals surface area (Å²) in [5.41, 5.74) is -1.73. The molecule has 1 nitrogen and oxygen atoms in total. The van der Waals surface area contributed by atoms with Crippen LogP contribution >= 0.6 is 16.1 Å². The van der Waals surface area contributed by atoms with Crippen LogP contribution in [0, 0.1) is 0 Å². The molecule has 0 amide bonds. The SMILES string of the molecule is CCCCN(P(c1cccc([Si](CCCC)(CCCC)CCCC)c1)c1cccc([Si](CCCC)(CCCC)CCCC)c1)P(c1ccccc1C(F)(F)F)c1ccccc1C(F)(F)F. The number of alkyl halides is 6. The second-order valence-corrected chi connectivity index (χ2v) is 32.2. The van der Waals surface area contributed by atoms with Crippen molar-refractivity contribution in [2.75, 3.05) is 6.54 Å². The summed E-state index contributed by atoms with van der Waals surface area (Å²) in [7, 11) is -8.16. The van der Waals surface area contributed by atoms with Crippen LogP contribution in [0.1, 0.15) is 149 Å². The van der Waals surface area contributed by atoms with Crippen LogP contribution in [0.15, 0.2) is 97.1 Å². The average Bonchev–Trinajstić information content (AvgIpc) is 3.30. The lowest BCUT2D eigenvalue weighted by Gasteiger charge is -2.42. The molecule has 65 heavy (non-hydrogen) atoms. The summed E-state index contributed by atoms with van der Waals surface area (Å²) in [4.78, 5) is 0. The van der Waals surface area contributed by atoms with Crippen molar-refractivity contribution in [3.8, 4) is 0 Å². The predicted molar refractivity (Wildman–Crippen MR) is 279 cm³/mol. The van der Waals surface area contributed by atoms with Crippen LogP contribution in [0.4, 0.5) is 26.3 Å². The molecule has 0 radical (unpaired) electrons. The van der Waals surface area contributed by atoms with Gasteiger partial charge in [0, 0.05) is 33.3 Å². The largest absolute Gasteiger partial charge is 0.417 e. The van der Waals surface area contributed by atoms with Crippen molar-refractivity contribution < 1.29 is 26.3 Å². The van der Waals surface area contributed by atoms with Crippen LogP contribution in [0.5, 0.6) is 0 Å². The maximum absolute atomic E-state index is 15.4. The minimum absolute atomic E-state index is 0.0715. The van der Waals surface area contributed by atoms with Crippen molar-refractivity contribution >= 4 is 63.9 Å². The van der Waals surface area contributed by atoms with Gasteiger partial charge in [0.1, 0.15) is 0 Å². The van der Waals surface area contributed by atoms with Gasteiger partial charge in [0.25, 0.3) is 0 Å². The first kappa shape index (κ1) is 55.3. The standard InChI is InChI=1S/C54H79F6NP2Si2/c1-8-15-36-61(63(51-34-24-22-32-49(51)53(55,56)57)52-35-25-23-33-50(52)54(58,59)60)62(45-28-26-30-47(43-45)64(37-16-9-2,38-17-10-3)39-18-11-4)46-29-27-31-48(44-46)65(40-19-12-5,41-20-13-6)42-21-14-7/h22-35,43-44H,8-21,36-42H2,1-7H3. The second kappa shape index (κ2) is 27.0. The van der Waals surface area contributed by atoms with Gasteiger partial charge in [-0.05, 0) is 29.2 Å². The van der Waals surface area contributed by atoms with Gasteiger partial charge in [-0.1, -0.05) is 264 Å². The van der Waals surface area contributed by atoms with Gasteiger partial charge < -0.3 is 0 Å². The Labute approximate surface area is 394 Å². The fourth-order valence-electron chi connectivity index (χ4n) is 9.82. The summed E-state index contributed by atoms with van der Waals surface area (Å²) < 4.78 is 94.5. The molecule has 0 saturated heterocycles. The molecule has 0 atom stereocenters. The fourth-order valence-corrected chi connectivity index (χ4v) is 27.8. The molecular weight excluding hydrogens is 895 g/mol. The molecule has 0 N–H and O–H groups in total. The molecular formula is C54H79F6NP2Si2. The summed E-state index contributed by atoms with van der Waals surface area (Å²) in [6.45, 7) is 16.0.